The van der Waals surface area contributed by atoms with E-state index in [0.29, 0.717) is 0 Å². The Morgan fingerprint density at radius 3 is 2.56 bits per heavy atom. The lowest BCUT2D eigenvalue weighted by molar-refractivity contribution is 1.28. The molecule has 0 radical (unpaired) electrons. The van der Waals surface area contributed by atoms with Crippen LogP contribution in [-0.2, 0) is 0 Å². The summed E-state index contributed by atoms with van der Waals surface area (Å²) in [5, 5.41) is 5.02. The van der Waals surface area contributed by atoms with Gasteiger partial charge in [0.1, 0.15) is 0 Å². The van der Waals surface area contributed by atoms with Gasteiger partial charge in [0.05, 0.1) is 10.2 Å². The van der Waals surface area contributed by atoms with Crippen molar-refractivity contribution >= 4 is 32.4 Å². The molecule has 0 saturated heterocycles. The van der Waals surface area contributed by atoms with Crippen molar-refractivity contribution in [1.82, 2.24) is 4.98 Å². The number of fused-ring (bicyclic) bond motifs is 1. The van der Waals surface area contributed by atoms with E-state index in [9.17, 15) is 0 Å². The summed E-state index contributed by atoms with van der Waals surface area (Å²) in [4.78, 5) is 4.55. The quantitative estimate of drug-likeness (QED) is 0.634. The number of rotatable bonds is 2. The standard InChI is InChI=1S/C12H15N3S/c1-7(2)14-15-12-13-10-8(3)5-6-9(4)11(10)16-12/h5-6H,1-4H3,(H,13,15). The molecule has 0 aliphatic rings. The van der Waals surface area contributed by atoms with Crippen LogP contribution in [0.15, 0.2) is 17.2 Å². The van der Waals surface area contributed by atoms with Crippen LogP contribution in [0.3, 0.4) is 0 Å². The Labute approximate surface area is 99.2 Å². The molecule has 0 bridgehead atoms. The number of anilines is 1. The van der Waals surface area contributed by atoms with E-state index in [2.05, 4.69) is 41.5 Å². The molecule has 0 spiro atoms. The van der Waals surface area contributed by atoms with Gasteiger partial charge >= 0.3 is 0 Å². The number of hydrazone groups is 1. The van der Waals surface area contributed by atoms with Gasteiger partial charge in [-0.05, 0) is 38.8 Å². The van der Waals surface area contributed by atoms with Crippen molar-refractivity contribution in [3.63, 3.8) is 0 Å². The Morgan fingerprint density at radius 2 is 1.94 bits per heavy atom. The summed E-state index contributed by atoms with van der Waals surface area (Å²) in [5.41, 5.74) is 7.53. The van der Waals surface area contributed by atoms with Gasteiger partial charge in [-0.25, -0.2) is 4.98 Å². The Hall–Kier alpha value is -1.42. The van der Waals surface area contributed by atoms with Crippen molar-refractivity contribution in [2.45, 2.75) is 27.7 Å². The maximum atomic E-state index is 4.55. The van der Waals surface area contributed by atoms with Crippen LogP contribution in [0.4, 0.5) is 5.13 Å². The third-order valence-electron chi connectivity index (χ3n) is 2.32. The number of benzene rings is 1. The molecule has 1 N–H and O–H groups in total. The number of nitrogens with one attached hydrogen (secondary N) is 1. The Balaban J connectivity index is 2.47. The van der Waals surface area contributed by atoms with Gasteiger partial charge < -0.3 is 0 Å². The molecule has 3 nitrogen and oxygen atoms in total. The Morgan fingerprint density at radius 1 is 1.25 bits per heavy atom. The third-order valence-corrected chi connectivity index (χ3v) is 3.41. The highest BCUT2D eigenvalue weighted by atomic mass is 32.1. The minimum atomic E-state index is 0.855. The normalized spacial score (nSPS) is 10.5. The molecular formula is C12H15N3S. The molecule has 2 rings (SSSR count). The van der Waals surface area contributed by atoms with E-state index in [4.69, 9.17) is 0 Å². The van der Waals surface area contributed by atoms with E-state index < -0.39 is 0 Å². The zero-order valence-electron chi connectivity index (χ0n) is 9.96. The molecule has 1 heterocycles. The molecule has 0 fully saturated rings. The summed E-state index contributed by atoms with van der Waals surface area (Å²) in [6.07, 6.45) is 0. The summed E-state index contributed by atoms with van der Waals surface area (Å²) in [6, 6.07) is 4.24. The summed E-state index contributed by atoms with van der Waals surface area (Å²) >= 11 is 1.65. The largest absolute Gasteiger partial charge is 0.253 e. The second kappa shape index (κ2) is 4.22. The van der Waals surface area contributed by atoms with Gasteiger partial charge in [0.25, 0.3) is 0 Å². The highest BCUT2D eigenvalue weighted by Crippen LogP contribution is 2.30. The number of nitrogens with zero attached hydrogens (tertiary/aromatic N) is 2. The van der Waals surface area contributed by atoms with Crippen molar-refractivity contribution < 1.29 is 0 Å². The average molecular weight is 233 g/mol. The number of aromatic nitrogens is 1. The van der Waals surface area contributed by atoms with Gasteiger partial charge in [0.15, 0.2) is 0 Å². The van der Waals surface area contributed by atoms with Crippen molar-refractivity contribution in [2.75, 3.05) is 5.43 Å². The van der Waals surface area contributed by atoms with E-state index in [-0.39, 0.29) is 0 Å². The van der Waals surface area contributed by atoms with Crippen molar-refractivity contribution in [3.05, 3.63) is 23.3 Å². The van der Waals surface area contributed by atoms with Crippen molar-refractivity contribution in [3.8, 4) is 0 Å². The first-order chi connectivity index (χ1) is 7.58. The van der Waals surface area contributed by atoms with Gasteiger partial charge in [-0.2, -0.15) is 5.10 Å². The summed E-state index contributed by atoms with van der Waals surface area (Å²) in [7, 11) is 0. The molecule has 0 amide bonds. The molecule has 0 aliphatic carbocycles. The van der Waals surface area contributed by atoms with Crippen LogP contribution in [0.5, 0.6) is 0 Å². The SMILES string of the molecule is CC(C)=NNc1nc2c(C)ccc(C)c2s1. The number of hydrogen-bond donors (Lipinski definition) is 1. The van der Waals surface area contributed by atoms with E-state index in [1.165, 1.54) is 15.8 Å². The van der Waals surface area contributed by atoms with Crippen LogP contribution in [-0.4, -0.2) is 10.7 Å². The lowest BCUT2D eigenvalue weighted by Gasteiger charge is -1.96. The maximum Gasteiger partial charge on any atom is 0.204 e. The molecule has 2 aromatic rings. The predicted octanol–water partition coefficient (Wildman–Crippen LogP) is 3.72. The second-order valence-corrected chi connectivity index (χ2v) is 5.07. The van der Waals surface area contributed by atoms with Crippen LogP contribution in [0, 0.1) is 13.8 Å². The highest BCUT2D eigenvalue weighted by Gasteiger charge is 2.07. The molecule has 16 heavy (non-hydrogen) atoms. The smallest absolute Gasteiger partial charge is 0.204 e. The summed E-state index contributed by atoms with van der Waals surface area (Å²) < 4.78 is 1.24. The van der Waals surface area contributed by atoms with Crippen LogP contribution in [0.25, 0.3) is 10.2 Å². The summed E-state index contributed by atoms with van der Waals surface area (Å²) in [6.45, 7) is 8.10. The average Bonchev–Trinajstić information content (AvgIpc) is 2.66. The fourth-order valence-electron chi connectivity index (χ4n) is 1.47. The minimum Gasteiger partial charge on any atom is -0.253 e. The molecule has 4 heteroatoms. The van der Waals surface area contributed by atoms with E-state index in [0.717, 1.165) is 16.4 Å². The maximum absolute atomic E-state index is 4.55. The summed E-state index contributed by atoms with van der Waals surface area (Å²) in [5.74, 6) is 0. The van der Waals surface area contributed by atoms with Gasteiger partial charge in [-0.3, -0.25) is 5.43 Å². The van der Waals surface area contributed by atoms with Gasteiger partial charge in [-0.15, -0.1) is 0 Å². The van der Waals surface area contributed by atoms with E-state index in [1.807, 2.05) is 13.8 Å². The molecule has 1 aromatic heterocycles. The highest BCUT2D eigenvalue weighted by molar-refractivity contribution is 7.22. The zero-order chi connectivity index (χ0) is 11.7. The molecule has 0 saturated carbocycles. The lowest BCUT2D eigenvalue weighted by atomic mass is 10.1. The molecule has 0 atom stereocenters. The van der Waals surface area contributed by atoms with Crippen molar-refractivity contribution in [1.29, 1.82) is 0 Å². The van der Waals surface area contributed by atoms with E-state index in [1.54, 1.807) is 11.3 Å². The molecular weight excluding hydrogens is 218 g/mol. The molecule has 84 valence electrons. The van der Waals surface area contributed by atoms with Gasteiger partial charge in [0.2, 0.25) is 5.13 Å². The van der Waals surface area contributed by atoms with E-state index >= 15 is 0 Å². The topological polar surface area (TPSA) is 37.3 Å². The third kappa shape index (κ3) is 2.07. The first-order valence-electron chi connectivity index (χ1n) is 5.21. The zero-order valence-corrected chi connectivity index (χ0v) is 10.8. The fourth-order valence-corrected chi connectivity index (χ4v) is 2.42. The fraction of sp³-hybridized carbons (Fsp3) is 0.333. The van der Waals surface area contributed by atoms with Crippen LogP contribution >= 0.6 is 11.3 Å². The predicted molar refractivity (Wildman–Crippen MR) is 71.5 cm³/mol. The molecule has 0 unspecified atom stereocenters. The number of thiazole rings is 1. The van der Waals surface area contributed by atoms with Crippen LogP contribution in [0.2, 0.25) is 0 Å². The molecule has 1 aromatic carbocycles. The number of aryl methyl sites for hydroxylation is 2. The lowest BCUT2D eigenvalue weighted by Crippen LogP contribution is -1.91. The van der Waals surface area contributed by atoms with Gasteiger partial charge in [-0.1, -0.05) is 23.5 Å². The monoisotopic (exact) mass is 233 g/mol. The minimum absolute atomic E-state index is 0.855. The van der Waals surface area contributed by atoms with Gasteiger partial charge in [0, 0.05) is 5.71 Å². The van der Waals surface area contributed by atoms with Crippen molar-refractivity contribution in [2.24, 2.45) is 5.10 Å². The Bertz CT molecular complexity index is 512. The first-order valence-corrected chi connectivity index (χ1v) is 6.03. The first kappa shape index (κ1) is 11.1. The Kier molecular flexibility index (Phi) is 2.92. The van der Waals surface area contributed by atoms with Crippen LogP contribution < -0.4 is 5.43 Å². The number of hydrogen-bond acceptors (Lipinski definition) is 4. The second-order valence-electron chi connectivity index (χ2n) is 4.07. The van der Waals surface area contributed by atoms with Crippen LogP contribution in [0.1, 0.15) is 25.0 Å². The molecule has 0 aliphatic heterocycles.